The Labute approximate surface area is 125 Å². The van der Waals surface area contributed by atoms with E-state index in [0.717, 1.165) is 13.1 Å². The molecule has 2 rings (SSSR count). The number of nitrogens with zero attached hydrogens (tertiary/aromatic N) is 1. The van der Waals surface area contributed by atoms with E-state index in [1.807, 2.05) is 0 Å². The monoisotopic (exact) mass is 292 g/mol. The molecule has 1 atom stereocenters. The van der Waals surface area contributed by atoms with Crippen LogP contribution in [0, 0.1) is 12.8 Å². The van der Waals surface area contributed by atoms with Crippen molar-refractivity contribution in [1.82, 2.24) is 10.2 Å². The summed E-state index contributed by atoms with van der Waals surface area (Å²) < 4.78 is 5.31. The second-order valence-electron chi connectivity index (χ2n) is 6.03. The summed E-state index contributed by atoms with van der Waals surface area (Å²) in [6.07, 6.45) is 2.45. The molecule has 21 heavy (non-hydrogen) atoms. The lowest BCUT2D eigenvalue weighted by Crippen LogP contribution is -2.45. The fraction of sp³-hybridized carbons (Fsp3) is 0.625. The van der Waals surface area contributed by atoms with Crippen LogP contribution in [0.1, 0.15) is 43.0 Å². The lowest BCUT2D eigenvalue weighted by atomic mass is 10.0. The molecule has 116 valence electrons. The highest BCUT2D eigenvalue weighted by Gasteiger charge is 2.25. The van der Waals surface area contributed by atoms with Gasteiger partial charge in [0.15, 0.2) is 11.2 Å². The maximum atomic E-state index is 12.1. The summed E-state index contributed by atoms with van der Waals surface area (Å²) >= 11 is 0. The number of rotatable bonds is 5. The number of likely N-dealkylation sites (tertiary alicyclic amines) is 1. The summed E-state index contributed by atoms with van der Waals surface area (Å²) in [5.74, 6) is 0.685. The third-order valence-electron chi connectivity index (χ3n) is 3.96. The molecule has 0 radical (unpaired) electrons. The van der Waals surface area contributed by atoms with Crippen LogP contribution in [0.15, 0.2) is 21.3 Å². The van der Waals surface area contributed by atoms with Gasteiger partial charge >= 0.3 is 0 Å². The number of carbonyl (C=O) groups is 1. The van der Waals surface area contributed by atoms with Crippen molar-refractivity contribution < 1.29 is 9.21 Å². The molecule has 1 aromatic rings. The first-order valence-corrected chi connectivity index (χ1v) is 7.61. The van der Waals surface area contributed by atoms with Crippen LogP contribution in [0.5, 0.6) is 0 Å². The van der Waals surface area contributed by atoms with E-state index in [1.54, 1.807) is 6.92 Å². The van der Waals surface area contributed by atoms with E-state index >= 15 is 0 Å². The van der Waals surface area contributed by atoms with Gasteiger partial charge in [0.1, 0.15) is 5.76 Å². The van der Waals surface area contributed by atoms with E-state index in [0.29, 0.717) is 24.3 Å². The third kappa shape index (κ3) is 4.17. The first-order chi connectivity index (χ1) is 9.97. The molecule has 0 unspecified atom stereocenters. The molecule has 1 amide bonds. The highest BCUT2D eigenvalue weighted by Crippen LogP contribution is 2.17. The molecule has 1 aliphatic rings. The van der Waals surface area contributed by atoms with E-state index in [4.69, 9.17) is 4.42 Å². The largest absolute Gasteiger partial charge is 0.456 e. The fourth-order valence-corrected chi connectivity index (χ4v) is 2.86. The number of nitrogens with one attached hydrogen (secondary N) is 1. The minimum Gasteiger partial charge on any atom is -0.456 e. The molecule has 1 N–H and O–H groups in total. The predicted molar refractivity (Wildman–Crippen MR) is 81.5 cm³/mol. The number of amides is 1. The van der Waals surface area contributed by atoms with E-state index in [2.05, 4.69) is 24.1 Å². The lowest BCUT2D eigenvalue weighted by molar-refractivity contribution is 0.0895. The Balaban J connectivity index is 1.99. The van der Waals surface area contributed by atoms with Crippen molar-refractivity contribution in [2.45, 2.75) is 39.7 Å². The maximum Gasteiger partial charge on any atom is 0.287 e. The van der Waals surface area contributed by atoms with Crippen LogP contribution in [0.25, 0.3) is 0 Å². The average molecular weight is 292 g/mol. The average Bonchev–Trinajstić information content (AvgIpc) is 2.91. The van der Waals surface area contributed by atoms with Gasteiger partial charge in [0, 0.05) is 24.7 Å². The molecular weight excluding hydrogens is 268 g/mol. The van der Waals surface area contributed by atoms with Gasteiger partial charge in [-0.2, -0.15) is 0 Å². The number of aryl methyl sites for hydroxylation is 1. The second-order valence-corrected chi connectivity index (χ2v) is 6.03. The van der Waals surface area contributed by atoms with Gasteiger partial charge in [0.2, 0.25) is 0 Å². The minimum atomic E-state index is -0.319. The van der Waals surface area contributed by atoms with E-state index < -0.39 is 0 Å². The molecular formula is C16H24N2O3. The van der Waals surface area contributed by atoms with E-state index in [-0.39, 0.29) is 17.1 Å². The summed E-state index contributed by atoms with van der Waals surface area (Å²) in [5.41, 5.74) is -0.205. The number of hydrogen-bond donors (Lipinski definition) is 1. The predicted octanol–water partition coefficient (Wildman–Crippen LogP) is 1.80. The molecule has 1 saturated heterocycles. The molecule has 1 fully saturated rings. The Bertz CT molecular complexity index is 545. The van der Waals surface area contributed by atoms with Gasteiger partial charge in [-0.3, -0.25) is 14.5 Å². The molecule has 2 heterocycles. The van der Waals surface area contributed by atoms with Gasteiger partial charge < -0.3 is 9.73 Å². The molecule has 0 spiro atoms. The van der Waals surface area contributed by atoms with E-state index in [9.17, 15) is 9.59 Å². The van der Waals surface area contributed by atoms with Gasteiger partial charge in [-0.25, -0.2) is 0 Å². The zero-order chi connectivity index (χ0) is 15.4. The zero-order valence-electron chi connectivity index (χ0n) is 13.0. The third-order valence-corrected chi connectivity index (χ3v) is 3.96. The van der Waals surface area contributed by atoms with Crippen molar-refractivity contribution in [3.05, 3.63) is 33.9 Å². The molecule has 5 nitrogen and oxygen atoms in total. The van der Waals surface area contributed by atoms with Crippen molar-refractivity contribution >= 4 is 5.91 Å². The molecule has 0 bridgehead atoms. The van der Waals surface area contributed by atoms with Crippen LogP contribution in [-0.2, 0) is 0 Å². The van der Waals surface area contributed by atoms with Crippen LogP contribution in [0.4, 0.5) is 0 Å². The van der Waals surface area contributed by atoms with Crippen LogP contribution in [0.3, 0.4) is 0 Å². The summed E-state index contributed by atoms with van der Waals surface area (Å²) in [6, 6.07) is 2.94. The normalized spacial score (nSPS) is 17.1. The molecule has 1 aromatic heterocycles. The van der Waals surface area contributed by atoms with Crippen LogP contribution >= 0.6 is 0 Å². The Kier molecular flexibility index (Phi) is 5.17. The van der Waals surface area contributed by atoms with Crippen molar-refractivity contribution in [3.8, 4) is 0 Å². The summed E-state index contributed by atoms with van der Waals surface area (Å²) in [6.45, 7) is 8.77. The fourth-order valence-electron chi connectivity index (χ4n) is 2.86. The first-order valence-electron chi connectivity index (χ1n) is 7.61. The number of hydrogen-bond acceptors (Lipinski definition) is 4. The van der Waals surface area contributed by atoms with Crippen molar-refractivity contribution in [2.75, 3.05) is 19.6 Å². The molecule has 0 saturated carbocycles. The van der Waals surface area contributed by atoms with E-state index in [1.165, 1.54) is 25.0 Å². The Hall–Kier alpha value is -1.62. The standard InChI is InChI=1S/C16H24N2O3/c1-11(2)14(18-6-4-5-7-18)10-17-16(20)15-9-13(19)8-12(3)21-15/h8-9,11,14H,4-7,10H2,1-3H3,(H,17,20)/t14-/m0/s1. The van der Waals surface area contributed by atoms with Gasteiger partial charge in [-0.1, -0.05) is 13.8 Å². The van der Waals surface area contributed by atoms with Crippen molar-refractivity contribution in [3.63, 3.8) is 0 Å². The zero-order valence-corrected chi connectivity index (χ0v) is 13.0. The number of carbonyl (C=O) groups excluding carboxylic acids is 1. The lowest BCUT2D eigenvalue weighted by Gasteiger charge is -2.30. The van der Waals surface area contributed by atoms with Gasteiger partial charge in [0.25, 0.3) is 5.91 Å². The molecule has 1 aliphatic heterocycles. The molecule has 0 aliphatic carbocycles. The maximum absolute atomic E-state index is 12.1. The smallest absolute Gasteiger partial charge is 0.287 e. The van der Waals surface area contributed by atoms with Gasteiger partial charge in [-0.15, -0.1) is 0 Å². The molecule has 5 heteroatoms. The Morgan fingerprint density at radius 2 is 2.00 bits per heavy atom. The van der Waals surface area contributed by atoms with Crippen LogP contribution < -0.4 is 10.7 Å². The van der Waals surface area contributed by atoms with Crippen molar-refractivity contribution in [2.24, 2.45) is 5.92 Å². The topological polar surface area (TPSA) is 62.6 Å². The SMILES string of the molecule is Cc1cc(=O)cc(C(=O)NC[C@@H](C(C)C)N2CCCC2)o1. The first kappa shape index (κ1) is 15.8. The van der Waals surface area contributed by atoms with Gasteiger partial charge in [-0.05, 0) is 38.8 Å². The summed E-state index contributed by atoms with van der Waals surface area (Å²) in [7, 11) is 0. The highest BCUT2D eigenvalue weighted by atomic mass is 16.3. The Morgan fingerprint density at radius 3 is 2.57 bits per heavy atom. The second kappa shape index (κ2) is 6.89. The Morgan fingerprint density at radius 1 is 1.33 bits per heavy atom. The summed E-state index contributed by atoms with van der Waals surface area (Å²) in [5, 5.41) is 2.90. The molecule has 0 aromatic carbocycles. The minimum absolute atomic E-state index is 0.0870. The van der Waals surface area contributed by atoms with Gasteiger partial charge in [0.05, 0.1) is 0 Å². The van der Waals surface area contributed by atoms with Crippen LogP contribution in [-0.4, -0.2) is 36.5 Å². The highest BCUT2D eigenvalue weighted by molar-refractivity contribution is 5.91. The van der Waals surface area contributed by atoms with Crippen molar-refractivity contribution in [1.29, 1.82) is 0 Å². The van der Waals surface area contributed by atoms with Crippen LogP contribution in [0.2, 0.25) is 0 Å². The summed E-state index contributed by atoms with van der Waals surface area (Å²) in [4.78, 5) is 26.0. The quantitative estimate of drug-likeness (QED) is 0.899.